The van der Waals surface area contributed by atoms with E-state index in [0.29, 0.717) is 49.1 Å². The Balaban J connectivity index is 1.43. The minimum absolute atomic E-state index is 0.0325. The Kier molecular flexibility index (Phi) is 7.20. The first-order valence-corrected chi connectivity index (χ1v) is 13.0. The Morgan fingerprint density at radius 3 is 2.53 bits per heavy atom. The highest BCUT2D eigenvalue weighted by Gasteiger charge is 2.27. The summed E-state index contributed by atoms with van der Waals surface area (Å²) in [6.07, 6.45) is 2.65. The van der Waals surface area contributed by atoms with Gasteiger partial charge in [0.05, 0.1) is 28.3 Å². The number of fused-ring (bicyclic) bond motifs is 1. The number of anilines is 1. The van der Waals surface area contributed by atoms with Crippen LogP contribution in [0, 0.1) is 0 Å². The third kappa shape index (κ3) is 5.01. The SMILES string of the molecule is COCCN(C(=O)CCc1ccc(S(=O)(=O)N2CCCC2)cc1)c1nc2ccccc2s1. The molecule has 32 heavy (non-hydrogen) atoms. The first kappa shape index (κ1) is 22.8. The van der Waals surface area contributed by atoms with E-state index in [1.165, 1.54) is 15.6 Å². The molecule has 1 saturated heterocycles. The Labute approximate surface area is 192 Å². The number of nitrogens with zero attached hydrogens (tertiary/aromatic N) is 3. The molecule has 9 heteroatoms. The Bertz CT molecular complexity index is 1140. The number of amides is 1. The van der Waals surface area contributed by atoms with Gasteiger partial charge in [0.1, 0.15) is 0 Å². The normalized spacial score (nSPS) is 14.8. The molecule has 0 bridgehead atoms. The molecule has 3 aromatic rings. The van der Waals surface area contributed by atoms with Gasteiger partial charge in [0.15, 0.2) is 5.13 Å². The Morgan fingerprint density at radius 2 is 1.84 bits per heavy atom. The maximum absolute atomic E-state index is 13.0. The minimum atomic E-state index is -3.42. The summed E-state index contributed by atoms with van der Waals surface area (Å²) in [5, 5.41) is 0.667. The smallest absolute Gasteiger partial charge is 0.243 e. The number of benzene rings is 2. The molecule has 1 aromatic heterocycles. The lowest BCUT2D eigenvalue weighted by Crippen LogP contribution is -2.34. The van der Waals surface area contributed by atoms with Crippen LogP contribution < -0.4 is 4.90 Å². The van der Waals surface area contributed by atoms with Gasteiger partial charge < -0.3 is 4.74 Å². The number of ether oxygens (including phenoxy) is 1. The predicted octanol–water partition coefficient (Wildman–Crippen LogP) is 3.69. The summed E-state index contributed by atoms with van der Waals surface area (Å²) < 4.78 is 33.1. The van der Waals surface area contributed by atoms with Gasteiger partial charge in [-0.3, -0.25) is 9.69 Å². The highest BCUT2D eigenvalue weighted by Crippen LogP contribution is 2.29. The van der Waals surface area contributed by atoms with Gasteiger partial charge in [-0.2, -0.15) is 4.31 Å². The van der Waals surface area contributed by atoms with Crippen LogP contribution in [0.15, 0.2) is 53.4 Å². The van der Waals surface area contributed by atoms with Gasteiger partial charge in [-0.15, -0.1) is 0 Å². The van der Waals surface area contributed by atoms with Crippen molar-refractivity contribution in [3.63, 3.8) is 0 Å². The van der Waals surface area contributed by atoms with Gasteiger partial charge in [-0.25, -0.2) is 13.4 Å². The van der Waals surface area contributed by atoms with Crippen molar-refractivity contribution in [3.05, 3.63) is 54.1 Å². The number of para-hydroxylation sites is 1. The summed E-state index contributed by atoms with van der Waals surface area (Å²) in [4.78, 5) is 19.6. The molecule has 2 aromatic carbocycles. The van der Waals surface area contributed by atoms with Crippen LogP contribution in [0.5, 0.6) is 0 Å². The number of thiazole rings is 1. The molecule has 0 spiro atoms. The van der Waals surface area contributed by atoms with E-state index in [-0.39, 0.29) is 5.91 Å². The topological polar surface area (TPSA) is 79.8 Å². The molecule has 1 amide bonds. The summed E-state index contributed by atoms with van der Waals surface area (Å²) in [6.45, 7) is 2.02. The van der Waals surface area contributed by atoms with E-state index >= 15 is 0 Å². The van der Waals surface area contributed by atoms with Gasteiger partial charge in [0, 0.05) is 26.6 Å². The molecule has 170 valence electrons. The van der Waals surface area contributed by atoms with E-state index in [2.05, 4.69) is 4.98 Å². The van der Waals surface area contributed by atoms with Crippen molar-refractivity contribution >= 4 is 42.6 Å². The maximum atomic E-state index is 13.0. The number of aromatic nitrogens is 1. The van der Waals surface area contributed by atoms with Crippen LogP contribution in [0.25, 0.3) is 10.2 Å². The zero-order valence-electron chi connectivity index (χ0n) is 18.1. The van der Waals surface area contributed by atoms with Gasteiger partial charge in [-0.05, 0) is 49.1 Å². The second-order valence-electron chi connectivity index (χ2n) is 7.76. The van der Waals surface area contributed by atoms with Crippen molar-refractivity contribution < 1.29 is 17.9 Å². The lowest BCUT2D eigenvalue weighted by atomic mass is 10.1. The average Bonchev–Trinajstić information content (AvgIpc) is 3.49. The highest BCUT2D eigenvalue weighted by atomic mass is 32.2. The molecule has 2 heterocycles. The zero-order valence-corrected chi connectivity index (χ0v) is 19.7. The van der Waals surface area contributed by atoms with Gasteiger partial charge in [0.25, 0.3) is 0 Å². The summed E-state index contributed by atoms with van der Waals surface area (Å²) in [7, 11) is -1.81. The predicted molar refractivity (Wildman–Crippen MR) is 127 cm³/mol. The number of aryl methyl sites for hydroxylation is 1. The fourth-order valence-corrected chi connectivity index (χ4v) is 6.30. The molecule has 7 nitrogen and oxygen atoms in total. The summed E-state index contributed by atoms with van der Waals surface area (Å²) >= 11 is 1.49. The van der Waals surface area contributed by atoms with Gasteiger partial charge in [0.2, 0.25) is 15.9 Å². The summed E-state index contributed by atoms with van der Waals surface area (Å²) in [5.41, 5.74) is 1.80. The largest absolute Gasteiger partial charge is 0.383 e. The second-order valence-corrected chi connectivity index (χ2v) is 10.7. The van der Waals surface area contributed by atoms with Crippen LogP contribution in [0.2, 0.25) is 0 Å². The number of sulfonamides is 1. The van der Waals surface area contributed by atoms with Crippen LogP contribution in [-0.2, 0) is 26.0 Å². The van der Waals surface area contributed by atoms with Crippen molar-refractivity contribution in [1.29, 1.82) is 0 Å². The molecule has 1 aliphatic rings. The maximum Gasteiger partial charge on any atom is 0.243 e. The quantitative estimate of drug-likeness (QED) is 0.474. The first-order valence-electron chi connectivity index (χ1n) is 10.7. The van der Waals surface area contributed by atoms with E-state index in [1.807, 2.05) is 24.3 Å². The standard InChI is InChI=1S/C23H27N3O4S2/c1-30-17-16-26(23-24-20-6-2-3-7-21(20)31-23)22(27)13-10-18-8-11-19(12-9-18)32(28,29)25-14-4-5-15-25/h2-3,6-9,11-12H,4-5,10,13-17H2,1H3. The first-order chi connectivity index (χ1) is 15.5. The van der Waals surface area contributed by atoms with E-state index in [1.54, 1.807) is 36.3 Å². The number of methoxy groups -OCH3 is 1. The number of rotatable bonds is 9. The molecule has 1 fully saturated rings. The lowest BCUT2D eigenvalue weighted by molar-refractivity contribution is -0.118. The highest BCUT2D eigenvalue weighted by molar-refractivity contribution is 7.89. The third-order valence-corrected chi connectivity index (χ3v) is 8.56. The van der Waals surface area contributed by atoms with Crippen LogP contribution in [0.4, 0.5) is 5.13 Å². The number of hydrogen-bond acceptors (Lipinski definition) is 6. The molecule has 0 radical (unpaired) electrons. The number of carbonyl (C=O) groups is 1. The van der Waals surface area contributed by atoms with Crippen LogP contribution >= 0.6 is 11.3 Å². The monoisotopic (exact) mass is 473 g/mol. The van der Waals surface area contributed by atoms with Gasteiger partial charge in [-0.1, -0.05) is 35.6 Å². The number of hydrogen-bond donors (Lipinski definition) is 0. The van der Waals surface area contributed by atoms with E-state index in [0.717, 1.165) is 28.6 Å². The van der Waals surface area contributed by atoms with E-state index in [9.17, 15) is 13.2 Å². The van der Waals surface area contributed by atoms with Crippen molar-refractivity contribution in [2.45, 2.75) is 30.6 Å². The van der Waals surface area contributed by atoms with Crippen molar-refractivity contribution in [2.24, 2.45) is 0 Å². The molecular formula is C23H27N3O4S2. The van der Waals surface area contributed by atoms with Gasteiger partial charge >= 0.3 is 0 Å². The fourth-order valence-electron chi connectivity index (χ4n) is 3.78. The molecule has 4 rings (SSSR count). The molecule has 0 unspecified atom stereocenters. The molecular weight excluding hydrogens is 446 g/mol. The Hall–Kier alpha value is -2.33. The molecule has 0 atom stereocenters. The van der Waals surface area contributed by atoms with Crippen LogP contribution in [0.1, 0.15) is 24.8 Å². The summed E-state index contributed by atoms with van der Waals surface area (Å²) in [6, 6.07) is 14.7. The van der Waals surface area contributed by atoms with Crippen molar-refractivity contribution in [2.75, 3.05) is 38.3 Å². The van der Waals surface area contributed by atoms with E-state index in [4.69, 9.17) is 4.74 Å². The summed E-state index contributed by atoms with van der Waals surface area (Å²) in [5.74, 6) is -0.0325. The van der Waals surface area contributed by atoms with Crippen LogP contribution in [0.3, 0.4) is 0 Å². The lowest BCUT2D eigenvalue weighted by Gasteiger charge is -2.19. The van der Waals surface area contributed by atoms with E-state index < -0.39 is 10.0 Å². The average molecular weight is 474 g/mol. The molecule has 0 N–H and O–H groups in total. The zero-order chi connectivity index (χ0) is 22.6. The third-order valence-electron chi connectivity index (χ3n) is 5.59. The molecule has 1 aliphatic heterocycles. The second kappa shape index (κ2) is 10.1. The van der Waals surface area contributed by atoms with Crippen molar-refractivity contribution in [1.82, 2.24) is 9.29 Å². The number of carbonyl (C=O) groups excluding carboxylic acids is 1. The van der Waals surface area contributed by atoms with Crippen LogP contribution in [-0.4, -0.2) is 57.0 Å². The van der Waals surface area contributed by atoms with Crippen molar-refractivity contribution in [3.8, 4) is 0 Å². The molecule has 0 saturated carbocycles. The Morgan fingerprint density at radius 1 is 1.12 bits per heavy atom. The minimum Gasteiger partial charge on any atom is -0.383 e. The fraction of sp³-hybridized carbons (Fsp3) is 0.391. The molecule has 0 aliphatic carbocycles.